The van der Waals surface area contributed by atoms with Crippen molar-refractivity contribution in [3.8, 4) is 5.75 Å². The average molecular weight is 381 g/mol. The summed E-state index contributed by atoms with van der Waals surface area (Å²) in [6.07, 6.45) is 1.43. The summed E-state index contributed by atoms with van der Waals surface area (Å²) >= 11 is 0. The van der Waals surface area contributed by atoms with Crippen LogP contribution >= 0.6 is 0 Å². The second kappa shape index (κ2) is 7.19. The van der Waals surface area contributed by atoms with E-state index in [1.54, 1.807) is 4.90 Å². The average Bonchev–Trinajstić information content (AvgIpc) is 2.87. The van der Waals surface area contributed by atoms with Gasteiger partial charge in [-0.25, -0.2) is 8.42 Å². The number of hydrogen-bond donors (Lipinski definition) is 1. The zero-order valence-corrected chi connectivity index (χ0v) is 16.3. The third kappa shape index (κ3) is 4.57. The van der Waals surface area contributed by atoms with Crippen molar-refractivity contribution >= 4 is 15.7 Å². The van der Waals surface area contributed by atoms with Gasteiger partial charge >= 0.3 is 0 Å². The minimum absolute atomic E-state index is 0.201. The molecule has 0 unspecified atom stereocenters. The molecule has 2 fully saturated rings. The summed E-state index contributed by atoms with van der Waals surface area (Å²) in [5, 5.41) is 10.5. The zero-order chi connectivity index (χ0) is 19.1. The summed E-state index contributed by atoms with van der Waals surface area (Å²) in [6, 6.07) is 5.99. The number of carbonyl (C=O) groups excluding carboxylic acids is 1. The van der Waals surface area contributed by atoms with Crippen molar-refractivity contribution in [3.63, 3.8) is 0 Å². The van der Waals surface area contributed by atoms with E-state index in [1.165, 1.54) is 0 Å². The number of benzene rings is 1. The van der Waals surface area contributed by atoms with Crippen molar-refractivity contribution in [2.24, 2.45) is 11.8 Å². The molecule has 2 aliphatic rings. The SMILES string of the molecule is Cc1cc(C)cc(O[C@@H]2C[C@@H]3CN(C(=O)CS(C)(=O)=O)C[C@@H]3C[C@H]2O)c1. The van der Waals surface area contributed by atoms with Crippen molar-refractivity contribution in [1.29, 1.82) is 0 Å². The van der Waals surface area contributed by atoms with Crippen LogP contribution in [0.5, 0.6) is 5.75 Å². The third-order valence-corrected chi connectivity index (χ3v) is 6.08. The van der Waals surface area contributed by atoms with Gasteiger partial charge in [-0.1, -0.05) is 6.07 Å². The van der Waals surface area contributed by atoms with Crippen LogP contribution in [0.25, 0.3) is 0 Å². The van der Waals surface area contributed by atoms with Gasteiger partial charge in [-0.3, -0.25) is 4.79 Å². The molecule has 0 radical (unpaired) electrons. The number of amides is 1. The molecule has 0 aromatic heterocycles. The highest BCUT2D eigenvalue weighted by molar-refractivity contribution is 7.91. The highest BCUT2D eigenvalue weighted by Crippen LogP contribution is 2.38. The lowest BCUT2D eigenvalue weighted by Crippen LogP contribution is -2.42. The van der Waals surface area contributed by atoms with Gasteiger partial charge in [0.15, 0.2) is 9.84 Å². The van der Waals surface area contributed by atoms with Gasteiger partial charge < -0.3 is 14.7 Å². The van der Waals surface area contributed by atoms with E-state index >= 15 is 0 Å². The maximum Gasteiger partial charge on any atom is 0.237 e. The number of hydrogen-bond acceptors (Lipinski definition) is 5. The minimum atomic E-state index is -3.33. The Labute approximate surface area is 155 Å². The first-order valence-electron chi connectivity index (χ1n) is 8.99. The number of ether oxygens (including phenoxy) is 1. The first kappa shape index (κ1) is 19.2. The van der Waals surface area contributed by atoms with E-state index in [4.69, 9.17) is 4.74 Å². The second-order valence-electron chi connectivity index (χ2n) is 7.91. The van der Waals surface area contributed by atoms with E-state index in [0.29, 0.717) is 25.9 Å². The van der Waals surface area contributed by atoms with Crippen LogP contribution in [-0.4, -0.2) is 61.6 Å². The van der Waals surface area contributed by atoms with Crippen molar-refractivity contribution in [1.82, 2.24) is 4.90 Å². The van der Waals surface area contributed by atoms with Gasteiger partial charge in [-0.15, -0.1) is 0 Å². The molecule has 7 heteroatoms. The number of sulfone groups is 1. The molecule has 0 bridgehead atoms. The van der Waals surface area contributed by atoms with Crippen molar-refractivity contribution in [2.45, 2.75) is 38.9 Å². The molecule has 1 N–H and O–H groups in total. The van der Waals surface area contributed by atoms with E-state index in [-0.39, 0.29) is 23.8 Å². The molecule has 1 saturated carbocycles. The zero-order valence-electron chi connectivity index (χ0n) is 15.5. The molecule has 4 atom stereocenters. The number of aryl methyl sites for hydroxylation is 2. The van der Waals surface area contributed by atoms with Crippen LogP contribution in [0.1, 0.15) is 24.0 Å². The van der Waals surface area contributed by atoms with Gasteiger partial charge in [-0.2, -0.15) is 0 Å². The quantitative estimate of drug-likeness (QED) is 0.851. The topological polar surface area (TPSA) is 83.9 Å². The smallest absolute Gasteiger partial charge is 0.237 e. The molecule has 1 aliphatic heterocycles. The van der Waals surface area contributed by atoms with E-state index in [1.807, 2.05) is 26.0 Å². The molecule has 26 heavy (non-hydrogen) atoms. The molecule has 1 aromatic carbocycles. The molecule has 144 valence electrons. The summed E-state index contributed by atoms with van der Waals surface area (Å²) < 4.78 is 28.8. The number of fused-ring (bicyclic) bond motifs is 1. The molecule has 1 heterocycles. The molecule has 0 spiro atoms. The fourth-order valence-corrected chi connectivity index (χ4v) is 4.84. The number of nitrogens with zero attached hydrogens (tertiary/aromatic N) is 1. The van der Waals surface area contributed by atoms with E-state index < -0.39 is 21.7 Å². The van der Waals surface area contributed by atoms with E-state index in [9.17, 15) is 18.3 Å². The summed E-state index contributed by atoms with van der Waals surface area (Å²) in [4.78, 5) is 13.8. The lowest BCUT2D eigenvalue weighted by molar-refractivity contribution is -0.127. The van der Waals surface area contributed by atoms with Crippen LogP contribution in [0.3, 0.4) is 0 Å². The van der Waals surface area contributed by atoms with Crippen LogP contribution in [-0.2, 0) is 14.6 Å². The summed E-state index contributed by atoms with van der Waals surface area (Å²) in [5.41, 5.74) is 2.23. The Balaban J connectivity index is 1.65. The molecule has 3 rings (SSSR count). The fraction of sp³-hybridized carbons (Fsp3) is 0.632. The summed E-state index contributed by atoms with van der Waals surface area (Å²) in [5.74, 6) is 0.402. The summed E-state index contributed by atoms with van der Waals surface area (Å²) in [7, 11) is -3.33. The summed E-state index contributed by atoms with van der Waals surface area (Å²) in [6.45, 7) is 5.08. The predicted octanol–water partition coefficient (Wildman–Crippen LogP) is 1.32. The van der Waals surface area contributed by atoms with Crippen LogP contribution in [0.4, 0.5) is 0 Å². The number of aliphatic hydroxyl groups excluding tert-OH is 1. The molecule has 1 amide bonds. The first-order valence-corrected chi connectivity index (χ1v) is 11.1. The van der Waals surface area contributed by atoms with Gasteiger partial charge in [0.1, 0.15) is 17.6 Å². The van der Waals surface area contributed by atoms with Crippen LogP contribution in [0.2, 0.25) is 0 Å². The van der Waals surface area contributed by atoms with Gasteiger partial charge in [-0.05, 0) is 61.8 Å². The Morgan fingerprint density at radius 1 is 1.15 bits per heavy atom. The minimum Gasteiger partial charge on any atom is -0.488 e. The van der Waals surface area contributed by atoms with E-state index in [0.717, 1.165) is 23.1 Å². The first-order chi connectivity index (χ1) is 12.1. The normalized spacial score (nSPS) is 28.7. The van der Waals surface area contributed by atoms with Gasteiger partial charge in [0, 0.05) is 19.3 Å². The standard InChI is InChI=1S/C19H27NO5S/c1-12-4-13(2)6-16(5-12)25-18-8-15-10-20(9-14(15)7-17(18)21)19(22)11-26(3,23)24/h4-6,14-15,17-18,21H,7-11H2,1-3H3/t14-,15+,17+,18+/m0/s1. The van der Waals surface area contributed by atoms with Crippen molar-refractivity contribution < 1.29 is 23.1 Å². The van der Waals surface area contributed by atoms with Gasteiger partial charge in [0.2, 0.25) is 5.91 Å². The molecule has 6 nitrogen and oxygen atoms in total. The number of carbonyl (C=O) groups is 1. The van der Waals surface area contributed by atoms with Crippen LogP contribution in [0, 0.1) is 25.7 Å². The lowest BCUT2D eigenvalue weighted by Gasteiger charge is -2.35. The van der Waals surface area contributed by atoms with Crippen LogP contribution in [0.15, 0.2) is 18.2 Å². The maximum atomic E-state index is 12.2. The Morgan fingerprint density at radius 3 is 2.31 bits per heavy atom. The van der Waals surface area contributed by atoms with Crippen LogP contribution < -0.4 is 4.74 Å². The molecular formula is C19H27NO5S. The van der Waals surface area contributed by atoms with Crippen molar-refractivity contribution in [3.05, 3.63) is 29.3 Å². The highest BCUT2D eigenvalue weighted by atomic mass is 32.2. The Hall–Kier alpha value is -1.60. The molecule has 1 aliphatic carbocycles. The molecular weight excluding hydrogens is 354 g/mol. The Morgan fingerprint density at radius 2 is 1.73 bits per heavy atom. The Kier molecular flexibility index (Phi) is 5.30. The second-order valence-corrected chi connectivity index (χ2v) is 10.0. The van der Waals surface area contributed by atoms with Crippen molar-refractivity contribution in [2.75, 3.05) is 25.1 Å². The predicted molar refractivity (Wildman–Crippen MR) is 98.8 cm³/mol. The number of likely N-dealkylation sites (tertiary alicyclic amines) is 1. The number of aliphatic hydroxyl groups is 1. The van der Waals surface area contributed by atoms with Gasteiger partial charge in [0.25, 0.3) is 0 Å². The van der Waals surface area contributed by atoms with Gasteiger partial charge in [0.05, 0.1) is 6.10 Å². The third-order valence-electron chi connectivity index (χ3n) is 5.31. The number of rotatable bonds is 4. The monoisotopic (exact) mass is 381 g/mol. The molecule has 1 saturated heterocycles. The molecule has 1 aromatic rings. The Bertz CT molecular complexity index is 771. The van der Waals surface area contributed by atoms with E-state index in [2.05, 4.69) is 6.07 Å². The highest BCUT2D eigenvalue weighted by Gasteiger charge is 2.44. The lowest BCUT2D eigenvalue weighted by atomic mass is 9.78. The largest absolute Gasteiger partial charge is 0.488 e. The fourth-order valence-electron chi connectivity index (χ4n) is 4.21. The maximum absolute atomic E-state index is 12.2.